The third-order valence-electron chi connectivity index (χ3n) is 4.77. The predicted octanol–water partition coefficient (Wildman–Crippen LogP) is 2.80. The van der Waals surface area contributed by atoms with Crippen LogP contribution in [0.2, 0.25) is 0 Å². The Labute approximate surface area is 185 Å². The second-order valence-corrected chi connectivity index (χ2v) is 8.42. The number of nitrogens with one attached hydrogen (secondary N) is 1. The Morgan fingerprint density at radius 3 is 2.50 bits per heavy atom. The Kier molecular flexibility index (Phi) is 6.00. The average Bonchev–Trinajstić information content (AvgIpc) is 3.09. The van der Waals surface area contributed by atoms with Crippen LogP contribution in [0.3, 0.4) is 0 Å². The maximum Gasteiger partial charge on any atom is 0.285 e. The summed E-state index contributed by atoms with van der Waals surface area (Å²) in [6.45, 7) is -0.185. The summed E-state index contributed by atoms with van der Waals surface area (Å²) in [6.07, 6.45) is 1.48. The number of fused-ring (bicyclic) bond motifs is 1. The van der Waals surface area contributed by atoms with E-state index in [4.69, 9.17) is 4.74 Å². The summed E-state index contributed by atoms with van der Waals surface area (Å²) < 4.78 is 34.3. The number of benzene rings is 3. The molecule has 0 unspecified atom stereocenters. The summed E-state index contributed by atoms with van der Waals surface area (Å²) in [5.74, 6) is 0.374. The lowest BCUT2D eigenvalue weighted by Crippen LogP contribution is -2.39. The largest absolute Gasteiger partial charge is 0.496 e. The molecule has 1 heterocycles. The van der Waals surface area contributed by atoms with E-state index in [-0.39, 0.29) is 17.3 Å². The van der Waals surface area contributed by atoms with Gasteiger partial charge in [0, 0.05) is 16.8 Å². The topological polar surface area (TPSA) is 100 Å². The van der Waals surface area contributed by atoms with Gasteiger partial charge < -0.3 is 9.64 Å². The number of rotatable bonds is 6. The lowest BCUT2D eigenvalue weighted by molar-refractivity contribution is -0.119. The minimum Gasteiger partial charge on any atom is -0.496 e. The van der Waals surface area contributed by atoms with Crippen LogP contribution in [0.4, 0.5) is 5.69 Å². The van der Waals surface area contributed by atoms with E-state index in [1.807, 2.05) is 18.2 Å². The van der Waals surface area contributed by atoms with Gasteiger partial charge in [-0.25, -0.2) is 5.43 Å². The molecule has 4 rings (SSSR count). The van der Waals surface area contributed by atoms with E-state index >= 15 is 0 Å². The minimum absolute atomic E-state index is 0.116. The number of hydrogen-bond donors (Lipinski definition) is 1. The maximum absolute atomic E-state index is 12.7. The molecule has 32 heavy (non-hydrogen) atoms. The second kappa shape index (κ2) is 9.03. The van der Waals surface area contributed by atoms with Crippen molar-refractivity contribution < 1.29 is 17.9 Å². The van der Waals surface area contributed by atoms with E-state index in [1.165, 1.54) is 12.3 Å². The van der Waals surface area contributed by atoms with Gasteiger partial charge in [-0.2, -0.15) is 13.5 Å². The van der Waals surface area contributed by atoms with Crippen molar-refractivity contribution in [2.45, 2.75) is 4.90 Å². The number of hydrazone groups is 1. The van der Waals surface area contributed by atoms with Gasteiger partial charge in [-0.1, -0.05) is 42.5 Å². The molecule has 3 aromatic carbocycles. The van der Waals surface area contributed by atoms with Gasteiger partial charge in [0.05, 0.1) is 13.3 Å². The molecular weight excluding hydrogens is 428 g/mol. The average molecular weight is 449 g/mol. The van der Waals surface area contributed by atoms with Crippen molar-refractivity contribution in [1.82, 2.24) is 5.43 Å². The molecule has 0 aliphatic carbocycles. The maximum atomic E-state index is 12.7. The summed E-state index contributed by atoms with van der Waals surface area (Å²) in [4.78, 5) is 14.4. The highest BCUT2D eigenvalue weighted by Crippen LogP contribution is 2.29. The number of para-hydroxylation sites is 2. The highest BCUT2D eigenvalue weighted by molar-refractivity contribution is 7.90. The number of amidine groups is 1. The van der Waals surface area contributed by atoms with E-state index in [1.54, 1.807) is 66.6 Å². The van der Waals surface area contributed by atoms with Gasteiger partial charge in [0.15, 0.2) is 5.84 Å². The molecule has 9 heteroatoms. The van der Waals surface area contributed by atoms with Crippen molar-refractivity contribution >= 4 is 33.7 Å². The Balaban J connectivity index is 1.59. The molecule has 0 saturated heterocycles. The Morgan fingerprint density at radius 2 is 1.72 bits per heavy atom. The molecule has 1 aliphatic rings. The van der Waals surface area contributed by atoms with Crippen LogP contribution in [-0.4, -0.2) is 40.0 Å². The van der Waals surface area contributed by atoms with Crippen LogP contribution < -0.4 is 15.1 Å². The summed E-state index contributed by atoms with van der Waals surface area (Å²) in [5, 5.41) is 4.01. The van der Waals surface area contributed by atoms with Crippen LogP contribution in [0.5, 0.6) is 5.75 Å². The van der Waals surface area contributed by atoms with Crippen molar-refractivity contribution in [1.29, 1.82) is 0 Å². The van der Waals surface area contributed by atoms with Gasteiger partial charge in [-0.05, 0) is 36.4 Å². The molecule has 0 aromatic heterocycles. The Bertz CT molecular complexity index is 1300. The minimum atomic E-state index is -3.83. The lowest BCUT2D eigenvalue weighted by Gasteiger charge is -2.23. The van der Waals surface area contributed by atoms with E-state index in [0.29, 0.717) is 22.6 Å². The number of carbonyl (C=O) groups is 1. The molecule has 0 spiro atoms. The van der Waals surface area contributed by atoms with Crippen LogP contribution in [0, 0.1) is 0 Å². The van der Waals surface area contributed by atoms with E-state index in [2.05, 4.69) is 14.9 Å². The third kappa shape index (κ3) is 4.37. The summed E-state index contributed by atoms with van der Waals surface area (Å²) in [6, 6.07) is 22.8. The second-order valence-electron chi connectivity index (χ2n) is 6.84. The molecule has 0 saturated carbocycles. The molecule has 3 aromatic rings. The molecule has 162 valence electrons. The van der Waals surface area contributed by atoms with Gasteiger partial charge in [0.25, 0.3) is 15.9 Å². The highest BCUT2D eigenvalue weighted by atomic mass is 32.2. The van der Waals surface area contributed by atoms with Crippen LogP contribution in [0.15, 0.2) is 93.3 Å². The standard InChI is InChI=1S/C23H20N4O4S/c1-31-20-13-7-5-9-17(20)15-24-25-22(28)16-27(18-10-3-2-4-11-18)23-19-12-6-8-14-21(19)32(29,30)26-23/h2-15H,16H2,1H3,(H,25,28)/b24-15-. The number of nitrogens with zero attached hydrogens (tertiary/aromatic N) is 3. The third-order valence-corrected chi connectivity index (χ3v) is 6.09. The van der Waals surface area contributed by atoms with Crippen molar-refractivity contribution in [3.8, 4) is 5.75 Å². The zero-order valence-electron chi connectivity index (χ0n) is 17.2. The molecule has 1 aliphatic heterocycles. The zero-order chi connectivity index (χ0) is 22.6. The number of anilines is 1. The van der Waals surface area contributed by atoms with Gasteiger partial charge in [-0.15, -0.1) is 4.40 Å². The van der Waals surface area contributed by atoms with E-state index < -0.39 is 15.9 Å². The highest BCUT2D eigenvalue weighted by Gasteiger charge is 2.33. The van der Waals surface area contributed by atoms with Gasteiger partial charge in [0.1, 0.15) is 17.2 Å². The van der Waals surface area contributed by atoms with Crippen LogP contribution in [0.25, 0.3) is 0 Å². The van der Waals surface area contributed by atoms with Crippen LogP contribution in [-0.2, 0) is 14.8 Å². The smallest absolute Gasteiger partial charge is 0.285 e. The summed E-state index contributed by atoms with van der Waals surface area (Å²) >= 11 is 0. The number of hydrogen-bond acceptors (Lipinski definition) is 6. The van der Waals surface area contributed by atoms with Crippen LogP contribution in [0.1, 0.15) is 11.1 Å². The van der Waals surface area contributed by atoms with E-state index in [0.717, 1.165) is 0 Å². The Morgan fingerprint density at radius 1 is 1.03 bits per heavy atom. The number of carbonyl (C=O) groups excluding carboxylic acids is 1. The number of methoxy groups -OCH3 is 1. The lowest BCUT2D eigenvalue weighted by atomic mass is 10.1. The fraction of sp³-hybridized carbons (Fsp3) is 0.0870. The first kappa shape index (κ1) is 21.3. The van der Waals surface area contributed by atoms with Crippen molar-refractivity contribution in [2.75, 3.05) is 18.6 Å². The summed E-state index contributed by atoms with van der Waals surface area (Å²) in [5.41, 5.74) is 4.26. The van der Waals surface area contributed by atoms with Crippen molar-refractivity contribution in [3.05, 3.63) is 90.0 Å². The van der Waals surface area contributed by atoms with Crippen LogP contribution >= 0.6 is 0 Å². The first-order chi connectivity index (χ1) is 15.5. The molecule has 0 radical (unpaired) electrons. The SMILES string of the molecule is COc1ccccc1/C=N\NC(=O)CN(C1=NS(=O)(=O)c2ccccc21)c1ccccc1. The van der Waals surface area contributed by atoms with Gasteiger partial charge in [-0.3, -0.25) is 4.79 Å². The fourth-order valence-corrected chi connectivity index (χ4v) is 4.52. The normalized spacial score (nSPS) is 14.0. The number of amides is 1. The number of sulfonamides is 1. The molecule has 1 N–H and O–H groups in total. The monoisotopic (exact) mass is 448 g/mol. The van der Waals surface area contributed by atoms with Gasteiger partial charge in [0.2, 0.25) is 0 Å². The molecule has 0 bridgehead atoms. The molecule has 8 nitrogen and oxygen atoms in total. The summed E-state index contributed by atoms with van der Waals surface area (Å²) in [7, 11) is -2.28. The molecule has 0 atom stereocenters. The van der Waals surface area contributed by atoms with Crippen molar-refractivity contribution in [3.63, 3.8) is 0 Å². The predicted molar refractivity (Wildman–Crippen MR) is 123 cm³/mol. The quantitative estimate of drug-likeness (QED) is 0.462. The molecular formula is C23H20N4O4S. The van der Waals surface area contributed by atoms with E-state index in [9.17, 15) is 13.2 Å². The van der Waals surface area contributed by atoms with Crippen molar-refractivity contribution in [2.24, 2.45) is 9.50 Å². The number of ether oxygens (including phenoxy) is 1. The molecule has 1 amide bonds. The first-order valence-electron chi connectivity index (χ1n) is 9.71. The molecule has 0 fully saturated rings. The first-order valence-corrected chi connectivity index (χ1v) is 11.2. The van der Waals surface area contributed by atoms with Gasteiger partial charge >= 0.3 is 0 Å². The zero-order valence-corrected chi connectivity index (χ0v) is 18.0. The Hall–Kier alpha value is -3.98. The fourth-order valence-electron chi connectivity index (χ4n) is 3.31.